The van der Waals surface area contributed by atoms with Crippen LogP contribution in [0.3, 0.4) is 0 Å². The molecule has 1 aromatic rings. The molecule has 0 aromatic carbocycles. The Kier molecular flexibility index (Phi) is 4.20. The number of aliphatic imine (C=N–C) groups is 1. The van der Waals surface area contributed by atoms with Gasteiger partial charge < -0.3 is 0 Å². The number of pyridine rings is 1. The minimum Gasteiger partial charge on any atom is -0.237 e. The molecule has 18 heavy (non-hydrogen) atoms. The first-order chi connectivity index (χ1) is 8.92. The van der Waals surface area contributed by atoms with Crippen LogP contribution >= 0.6 is 47.0 Å². The van der Waals surface area contributed by atoms with E-state index in [1.165, 1.54) is 13.4 Å². The fourth-order valence-electron chi connectivity index (χ4n) is 1.28. The Balaban J connectivity index is 1.66. The number of nitrogens with zero attached hydrogens (tertiary/aromatic N) is 2. The van der Waals surface area contributed by atoms with Crippen LogP contribution in [0, 0.1) is 0 Å². The maximum Gasteiger partial charge on any atom is 0.151 e. The predicted molar refractivity (Wildman–Crippen MR) is 87.0 cm³/mol. The molecule has 0 amide bonds. The van der Waals surface area contributed by atoms with Crippen molar-refractivity contribution in [2.45, 2.75) is 0 Å². The zero-order valence-electron chi connectivity index (χ0n) is 9.15. The highest BCUT2D eigenvalue weighted by Crippen LogP contribution is 2.52. The van der Waals surface area contributed by atoms with E-state index >= 15 is 0 Å². The zero-order chi connectivity index (χ0) is 12.2. The number of hydrogen-bond donors (Lipinski definition) is 0. The van der Waals surface area contributed by atoms with Gasteiger partial charge in [-0.1, -0.05) is 53.1 Å². The topological polar surface area (TPSA) is 25.2 Å². The van der Waals surface area contributed by atoms with Gasteiger partial charge in [0.2, 0.25) is 0 Å². The van der Waals surface area contributed by atoms with Gasteiger partial charge in [0.15, 0.2) is 5.82 Å². The molecule has 3 heterocycles. The van der Waals surface area contributed by atoms with Crippen molar-refractivity contribution in [3.05, 3.63) is 54.0 Å². The number of thioether (sulfide) groups is 4. The van der Waals surface area contributed by atoms with Gasteiger partial charge in [0.1, 0.15) is 0 Å². The van der Waals surface area contributed by atoms with E-state index in [2.05, 4.69) is 26.2 Å². The number of aromatic nitrogens is 1. The molecule has 2 aliphatic heterocycles. The average molecular weight is 308 g/mol. The van der Waals surface area contributed by atoms with Crippen molar-refractivity contribution in [1.29, 1.82) is 0 Å². The minimum atomic E-state index is 0.747. The molecule has 0 N–H and O–H groups in total. The fraction of sp³-hybridized carbons (Fsp3) is 0. The van der Waals surface area contributed by atoms with Gasteiger partial charge in [-0.15, -0.1) is 0 Å². The maximum absolute atomic E-state index is 4.36. The Morgan fingerprint density at radius 1 is 1.06 bits per heavy atom. The number of rotatable bonds is 2. The van der Waals surface area contributed by atoms with Crippen LogP contribution in [0.5, 0.6) is 0 Å². The molecule has 0 atom stereocenters. The van der Waals surface area contributed by atoms with Gasteiger partial charge in [-0.2, -0.15) is 0 Å². The minimum absolute atomic E-state index is 0.747. The van der Waals surface area contributed by atoms with E-state index in [9.17, 15) is 0 Å². The van der Waals surface area contributed by atoms with Crippen LogP contribution in [-0.4, -0.2) is 11.2 Å². The van der Waals surface area contributed by atoms with Crippen LogP contribution in [-0.2, 0) is 0 Å². The molecule has 0 spiro atoms. The lowest BCUT2D eigenvalue weighted by Crippen LogP contribution is -1.76. The van der Waals surface area contributed by atoms with Gasteiger partial charge in [-0.25, -0.2) is 9.98 Å². The summed E-state index contributed by atoms with van der Waals surface area (Å²) in [5, 5.41) is 6.38. The molecule has 6 heteroatoms. The van der Waals surface area contributed by atoms with Crippen molar-refractivity contribution in [1.82, 2.24) is 4.98 Å². The van der Waals surface area contributed by atoms with Crippen molar-refractivity contribution >= 4 is 59.1 Å². The second-order valence-electron chi connectivity index (χ2n) is 3.27. The normalized spacial score (nSPS) is 19.0. The van der Waals surface area contributed by atoms with Crippen molar-refractivity contribution in [2.24, 2.45) is 4.99 Å². The highest BCUT2D eigenvalue weighted by molar-refractivity contribution is 8.33. The van der Waals surface area contributed by atoms with E-state index < -0.39 is 0 Å². The first kappa shape index (κ1) is 12.5. The van der Waals surface area contributed by atoms with Gasteiger partial charge in [0, 0.05) is 17.3 Å². The lowest BCUT2D eigenvalue weighted by Gasteiger charge is -1.99. The Hall–Kier alpha value is -0.560. The standard InChI is InChI=1S/C12H8N2S4/c1-2-4-13-10(3-1)14-7-9-8-17-12(18-9)11-15-5-6-16-11/h1-8H/b14-7+. The highest BCUT2D eigenvalue weighted by Gasteiger charge is 2.17. The average Bonchev–Trinajstić information content (AvgIpc) is 3.08. The van der Waals surface area contributed by atoms with E-state index in [1.54, 1.807) is 53.2 Å². The highest BCUT2D eigenvalue weighted by atomic mass is 32.2. The van der Waals surface area contributed by atoms with E-state index in [0.717, 1.165) is 5.82 Å². The van der Waals surface area contributed by atoms with Crippen molar-refractivity contribution in [2.75, 3.05) is 0 Å². The largest absolute Gasteiger partial charge is 0.237 e. The third-order valence-electron chi connectivity index (χ3n) is 2.04. The van der Waals surface area contributed by atoms with Crippen molar-refractivity contribution in [3.8, 4) is 0 Å². The quantitative estimate of drug-likeness (QED) is 0.701. The molecule has 0 fully saturated rings. The summed E-state index contributed by atoms with van der Waals surface area (Å²) >= 11 is 7.11. The third kappa shape index (κ3) is 3.06. The third-order valence-corrected chi connectivity index (χ3v) is 7.01. The predicted octanol–water partition coefficient (Wildman–Crippen LogP) is 5.18. The van der Waals surface area contributed by atoms with Crippen molar-refractivity contribution in [3.63, 3.8) is 0 Å². The molecule has 3 rings (SSSR count). The molecule has 2 nitrogen and oxygen atoms in total. The number of allylic oxidation sites excluding steroid dienone is 1. The molecule has 0 saturated heterocycles. The van der Waals surface area contributed by atoms with Crippen LogP contribution in [0.25, 0.3) is 0 Å². The molecule has 0 unspecified atom stereocenters. The Labute approximate surface area is 123 Å². The summed E-state index contributed by atoms with van der Waals surface area (Å²) in [6, 6.07) is 5.73. The fourth-order valence-corrected chi connectivity index (χ4v) is 5.58. The molecular weight excluding hydrogens is 300 g/mol. The van der Waals surface area contributed by atoms with Gasteiger partial charge >= 0.3 is 0 Å². The summed E-state index contributed by atoms with van der Waals surface area (Å²) in [6.45, 7) is 0. The first-order valence-corrected chi connectivity index (χ1v) is 8.60. The van der Waals surface area contributed by atoms with Crippen molar-refractivity contribution < 1.29 is 0 Å². The summed E-state index contributed by atoms with van der Waals surface area (Å²) in [5.74, 6) is 0.747. The summed E-state index contributed by atoms with van der Waals surface area (Å²) in [7, 11) is 0. The van der Waals surface area contributed by atoms with Gasteiger partial charge in [-0.3, -0.25) is 0 Å². The van der Waals surface area contributed by atoms with Crippen LogP contribution in [0.4, 0.5) is 5.82 Å². The lowest BCUT2D eigenvalue weighted by atomic mass is 10.5. The molecule has 0 radical (unpaired) electrons. The molecule has 1 aromatic heterocycles. The van der Waals surface area contributed by atoms with Gasteiger partial charge in [0.05, 0.1) is 8.47 Å². The maximum atomic E-state index is 4.36. The van der Waals surface area contributed by atoms with Crippen LogP contribution in [0.1, 0.15) is 0 Å². The molecule has 90 valence electrons. The van der Waals surface area contributed by atoms with E-state index in [0.29, 0.717) is 0 Å². The van der Waals surface area contributed by atoms with E-state index in [-0.39, 0.29) is 0 Å². The molecule has 0 bridgehead atoms. The summed E-state index contributed by atoms with van der Waals surface area (Å²) < 4.78 is 2.71. The van der Waals surface area contributed by atoms with Gasteiger partial charge in [0.25, 0.3) is 0 Å². The Bertz CT molecular complexity index is 551. The second kappa shape index (κ2) is 6.06. The Morgan fingerprint density at radius 2 is 1.94 bits per heavy atom. The Morgan fingerprint density at radius 3 is 2.72 bits per heavy atom. The first-order valence-electron chi connectivity index (χ1n) is 5.14. The molecule has 0 aliphatic carbocycles. The van der Waals surface area contributed by atoms with Crippen LogP contribution in [0.15, 0.2) is 59.0 Å². The van der Waals surface area contributed by atoms with E-state index in [4.69, 9.17) is 0 Å². The zero-order valence-corrected chi connectivity index (χ0v) is 12.4. The molecule has 2 aliphatic rings. The molecule has 0 saturated carbocycles. The van der Waals surface area contributed by atoms with Crippen LogP contribution in [0.2, 0.25) is 0 Å². The van der Waals surface area contributed by atoms with Gasteiger partial charge in [-0.05, 0) is 28.4 Å². The summed E-state index contributed by atoms with van der Waals surface area (Å²) in [6.07, 6.45) is 3.63. The summed E-state index contributed by atoms with van der Waals surface area (Å²) in [5.41, 5.74) is 0. The molecular formula is C12H8N2S4. The SMILES string of the molecule is C1=CSC(=C2SC=C(/C=N/c3ccccn3)S2)S1. The van der Waals surface area contributed by atoms with E-state index in [1.807, 2.05) is 24.4 Å². The summed E-state index contributed by atoms with van der Waals surface area (Å²) in [4.78, 5) is 9.69. The van der Waals surface area contributed by atoms with Crippen LogP contribution < -0.4 is 0 Å². The number of hydrogen-bond acceptors (Lipinski definition) is 6. The monoisotopic (exact) mass is 308 g/mol. The second-order valence-corrected chi connectivity index (χ2v) is 7.58. The smallest absolute Gasteiger partial charge is 0.151 e. The lowest BCUT2D eigenvalue weighted by molar-refractivity contribution is 1.28.